The van der Waals surface area contributed by atoms with Gasteiger partial charge in [0.25, 0.3) is 5.91 Å². The van der Waals surface area contributed by atoms with E-state index < -0.39 is 12.0 Å². The van der Waals surface area contributed by atoms with Crippen molar-refractivity contribution in [2.24, 2.45) is 5.92 Å². The number of carboxylic acids is 1. The third-order valence-electron chi connectivity index (χ3n) is 4.39. The molecule has 6 nitrogen and oxygen atoms in total. The molecule has 1 aliphatic rings. The molecule has 0 spiro atoms. The molecule has 2 aromatic rings. The number of aromatic nitrogens is 2. The Bertz CT molecular complexity index is 821. The molecule has 0 saturated carbocycles. The van der Waals surface area contributed by atoms with Gasteiger partial charge in [0.05, 0.1) is 15.7 Å². The van der Waals surface area contributed by atoms with Crippen LogP contribution < -0.4 is 0 Å². The van der Waals surface area contributed by atoms with Gasteiger partial charge >= 0.3 is 5.97 Å². The molecule has 0 radical (unpaired) electrons. The second-order valence-corrected chi connectivity index (χ2v) is 7.04. The van der Waals surface area contributed by atoms with E-state index in [-0.39, 0.29) is 17.5 Å². The van der Waals surface area contributed by atoms with Gasteiger partial charge in [-0.2, -0.15) is 5.10 Å². The Morgan fingerprint density at radius 3 is 2.68 bits per heavy atom. The molecule has 2 atom stereocenters. The number of amides is 1. The molecule has 8 heteroatoms. The average molecular weight is 382 g/mol. The summed E-state index contributed by atoms with van der Waals surface area (Å²) in [5.41, 5.74) is 0.863. The van der Waals surface area contributed by atoms with E-state index in [0.717, 1.165) is 6.42 Å². The maximum atomic E-state index is 12.7. The first-order valence-electron chi connectivity index (χ1n) is 7.91. The number of likely N-dealkylation sites (tertiary alicyclic amines) is 1. The number of carbonyl (C=O) groups is 2. The zero-order valence-corrected chi connectivity index (χ0v) is 15.0. The van der Waals surface area contributed by atoms with Crippen molar-refractivity contribution in [2.75, 3.05) is 6.54 Å². The van der Waals surface area contributed by atoms with Crippen LogP contribution in [0.25, 0.3) is 5.69 Å². The molecule has 25 heavy (non-hydrogen) atoms. The Kier molecular flexibility index (Phi) is 5.01. The average Bonchev–Trinajstić information content (AvgIpc) is 3.06. The molecule has 3 rings (SSSR count). The lowest BCUT2D eigenvalue weighted by Gasteiger charge is -2.35. The summed E-state index contributed by atoms with van der Waals surface area (Å²) in [7, 11) is 0. The van der Waals surface area contributed by atoms with Crippen LogP contribution in [0.3, 0.4) is 0 Å². The van der Waals surface area contributed by atoms with Gasteiger partial charge in [-0.05, 0) is 43.0 Å². The lowest BCUT2D eigenvalue weighted by atomic mass is 9.92. The quantitative estimate of drug-likeness (QED) is 0.882. The third-order valence-corrected chi connectivity index (χ3v) is 5.13. The number of hydrogen-bond donors (Lipinski definition) is 1. The Morgan fingerprint density at radius 1 is 1.24 bits per heavy atom. The molecule has 1 saturated heterocycles. The van der Waals surface area contributed by atoms with Gasteiger partial charge in [0.15, 0.2) is 5.69 Å². The van der Waals surface area contributed by atoms with Crippen LogP contribution in [0.1, 0.15) is 30.3 Å². The van der Waals surface area contributed by atoms with E-state index in [4.69, 9.17) is 23.2 Å². The maximum absolute atomic E-state index is 12.7. The summed E-state index contributed by atoms with van der Waals surface area (Å²) < 4.78 is 1.51. The summed E-state index contributed by atoms with van der Waals surface area (Å²) >= 11 is 11.9. The minimum absolute atomic E-state index is 0.201. The molecule has 1 aromatic carbocycles. The van der Waals surface area contributed by atoms with Crippen LogP contribution in [0.4, 0.5) is 0 Å². The molecule has 132 valence electrons. The fourth-order valence-corrected chi connectivity index (χ4v) is 3.27. The molecule has 0 bridgehead atoms. The smallest absolute Gasteiger partial charge is 0.326 e. The van der Waals surface area contributed by atoms with Crippen molar-refractivity contribution in [1.29, 1.82) is 0 Å². The van der Waals surface area contributed by atoms with Crippen LogP contribution in [0.2, 0.25) is 10.0 Å². The van der Waals surface area contributed by atoms with Gasteiger partial charge in [-0.15, -0.1) is 0 Å². The van der Waals surface area contributed by atoms with Crippen LogP contribution in [0, 0.1) is 5.92 Å². The summed E-state index contributed by atoms with van der Waals surface area (Å²) in [6.45, 7) is 2.41. The van der Waals surface area contributed by atoms with E-state index in [9.17, 15) is 14.7 Å². The number of hydrogen-bond acceptors (Lipinski definition) is 3. The maximum Gasteiger partial charge on any atom is 0.326 e. The van der Waals surface area contributed by atoms with E-state index in [1.165, 1.54) is 9.58 Å². The first-order valence-corrected chi connectivity index (χ1v) is 8.67. The van der Waals surface area contributed by atoms with Crippen molar-refractivity contribution in [3.05, 3.63) is 46.2 Å². The Balaban J connectivity index is 1.84. The molecular formula is C17H17Cl2N3O3. The summed E-state index contributed by atoms with van der Waals surface area (Å²) in [4.78, 5) is 25.6. The highest BCUT2D eigenvalue weighted by molar-refractivity contribution is 6.42. The summed E-state index contributed by atoms with van der Waals surface area (Å²) in [5, 5.41) is 14.5. The van der Waals surface area contributed by atoms with Crippen LogP contribution in [-0.2, 0) is 4.79 Å². The lowest BCUT2D eigenvalue weighted by Crippen LogP contribution is -2.49. The van der Waals surface area contributed by atoms with E-state index in [1.54, 1.807) is 30.5 Å². The Labute approximate surface area is 154 Å². The van der Waals surface area contributed by atoms with Crippen LogP contribution in [0.5, 0.6) is 0 Å². The molecule has 2 heterocycles. The van der Waals surface area contributed by atoms with Crippen molar-refractivity contribution in [2.45, 2.75) is 25.8 Å². The van der Waals surface area contributed by atoms with Gasteiger partial charge in [-0.1, -0.05) is 30.1 Å². The minimum atomic E-state index is -0.983. The summed E-state index contributed by atoms with van der Waals surface area (Å²) in [6.07, 6.45) is 2.87. The number of piperidine rings is 1. The van der Waals surface area contributed by atoms with Gasteiger partial charge in [0.2, 0.25) is 0 Å². The van der Waals surface area contributed by atoms with Gasteiger partial charge in [-0.25, -0.2) is 9.48 Å². The van der Waals surface area contributed by atoms with E-state index in [0.29, 0.717) is 28.7 Å². The van der Waals surface area contributed by atoms with E-state index in [1.807, 2.05) is 6.92 Å². The van der Waals surface area contributed by atoms with Crippen molar-refractivity contribution < 1.29 is 14.7 Å². The number of carboxylic acid groups (broad SMARTS) is 1. The number of nitrogens with zero attached hydrogens (tertiary/aromatic N) is 3. The fourth-order valence-electron chi connectivity index (χ4n) is 2.98. The largest absolute Gasteiger partial charge is 0.480 e. The predicted molar refractivity (Wildman–Crippen MR) is 94.4 cm³/mol. The van der Waals surface area contributed by atoms with Crippen LogP contribution in [0.15, 0.2) is 30.5 Å². The normalized spacial score (nSPS) is 20.5. The molecule has 1 amide bonds. The monoisotopic (exact) mass is 381 g/mol. The highest BCUT2D eigenvalue weighted by Gasteiger charge is 2.35. The molecule has 1 aliphatic heterocycles. The zero-order valence-electron chi connectivity index (χ0n) is 13.5. The summed E-state index contributed by atoms with van der Waals surface area (Å²) in [6, 6.07) is 5.79. The van der Waals surface area contributed by atoms with Crippen molar-refractivity contribution in [1.82, 2.24) is 14.7 Å². The summed E-state index contributed by atoms with van der Waals surface area (Å²) in [5.74, 6) is -1.08. The first-order chi connectivity index (χ1) is 11.9. The van der Waals surface area contributed by atoms with Crippen molar-refractivity contribution in [3.8, 4) is 5.69 Å². The van der Waals surface area contributed by atoms with Gasteiger partial charge in [-0.3, -0.25) is 4.79 Å². The van der Waals surface area contributed by atoms with Gasteiger partial charge < -0.3 is 10.0 Å². The number of benzene rings is 1. The highest BCUT2D eigenvalue weighted by Crippen LogP contribution is 2.26. The first kappa shape index (κ1) is 17.8. The van der Waals surface area contributed by atoms with E-state index >= 15 is 0 Å². The Morgan fingerprint density at radius 2 is 2.00 bits per heavy atom. The molecule has 0 aliphatic carbocycles. The SMILES string of the molecule is CC1CCN(C(=O)c2ccn(-c3ccc(Cl)c(Cl)c3)n2)C(C(=O)O)C1. The molecule has 1 fully saturated rings. The van der Waals surface area contributed by atoms with Gasteiger partial charge in [0, 0.05) is 12.7 Å². The number of rotatable bonds is 3. The lowest BCUT2D eigenvalue weighted by molar-refractivity contribution is -0.144. The Hall–Kier alpha value is -2.05. The highest BCUT2D eigenvalue weighted by atomic mass is 35.5. The van der Waals surface area contributed by atoms with Crippen LogP contribution in [-0.4, -0.2) is 44.3 Å². The fraction of sp³-hybridized carbons (Fsp3) is 0.353. The predicted octanol–water partition coefficient (Wildman–Crippen LogP) is 3.50. The standard InChI is InChI=1S/C17H17Cl2N3O3/c1-10-4-6-21(15(8-10)17(24)25)16(23)14-5-7-22(20-14)11-2-3-12(18)13(19)9-11/h2-3,5,7,9-10,15H,4,6,8H2,1H3,(H,24,25). The van der Waals surface area contributed by atoms with Crippen molar-refractivity contribution >= 4 is 35.1 Å². The third kappa shape index (κ3) is 3.65. The molecule has 1 N–H and O–H groups in total. The molecule has 1 aromatic heterocycles. The zero-order chi connectivity index (χ0) is 18.1. The van der Waals surface area contributed by atoms with E-state index in [2.05, 4.69) is 5.10 Å². The van der Waals surface area contributed by atoms with Crippen LogP contribution >= 0.6 is 23.2 Å². The molecule has 2 unspecified atom stereocenters. The topological polar surface area (TPSA) is 75.4 Å². The number of halogens is 2. The van der Waals surface area contributed by atoms with Gasteiger partial charge in [0.1, 0.15) is 6.04 Å². The van der Waals surface area contributed by atoms with Crippen molar-refractivity contribution in [3.63, 3.8) is 0 Å². The second-order valence-electron chi connectivity index (χ2n) is 6.23. The minimum Gasteiger partial charge on any atom is -0.480 e. The number of aliphatic carboxylic acids is 1. The molecular weight excluding hydrogens is 365 g/mol. The second kappa shape index (κ2) is 7.06. The number of carbonyl (C=O) groups excluding carboxylic acids is 1.